The zero-order valence-corrected chi connectivity index (χ0v) is 12.7. The second-order valence-electron chi connectivity index (χ2n) is 4.87. The van der Waals surface area contributed by atoms with Crippen LogP contribution in [-0.4, -0.2) is 18.1 Å². The van der Waals surface area contributed by atoms with Crippen LogP contribution in [0, 0.1) is 6.92 Å². The largest absolute Gasteiger partial charge is 0.496 e. The standard InChI is InChI=1S/C15H20N2OS/c1-10(2)16-8-15-17-13(9-19-15)12-7-11(3)5-6-14(12)18-4/h5-7,9-10,16H,8H2,1-4H3. The number of hydrogen-bond donors (Lipinski definition) is 1. The van der Waals surface area contributed by atoms with Gasteiger partial charge in [0.15, 0.2) is 0 Å². The Morgan fingerprint density at radius 1 is 1.37 bits per heavy atom. The quantitative estimate of drug-likeness (QED) is 0.905. The topological polar surface area (TPSA) is 34.1 Å². The van der Waals surface area contributed by atoms with Crippen molar-refractivity contribution < 1.29 is 4.74 Å². The molecule has 1 aromatic heterocycles. The number of rotatable bonds is 5. The van der Waals surface area contributed by atoms with Gasteiger partial charge >= 0.3 is 0 Å². The van der Waals surface area contributed by atoms with Gasteiger partial charge in [0.2, 0.25) is 0 Å². The minimum absolute atomic E-state index is 0.473. The molecule has 0 aliphatic carbocycles. The van der Waals surface area contributed by atoms with Crippen LogP contribution in [0.25, 0.3) is 11.3 Å². The summed E-state index contributed by atoms with van der Waals surface area (Å²) in [6.45, 7) is 7.17. The van der Waals surface area contributed by atoms with Crippen molar-refractivity contribution in [3.05, 3.63) is 34.2 Å². The Bertz CT molecular complexity index is 549. The number of hydrogen-bond acceptors (Lipinski definition) is 4. The number of aromatic nitrogens is 1. The van der Waals surface area contributed by atoms with Gasteiger partial charge in [-0.1, -0.05) is 25.5 Å². The summed E-state index contributed by atoms with van der Waals surface area (Å²) < 4.78 is 5.41. The van der Waals surface area contributed by atoms with E-state index in [1.165, 1.54) is 5.56 Å². The highest BCUT2D eigenvalue weighted by Crippen LogP contribution is 2.31. The molecule has 1 heterocycles. The predicted molar refractivity (Wildman–Crippen MR) is 80.8 cm³/mol. The molecule has 1 aromatic carbocycles. The molecule has 4 heteroatoms. The fourth-order valence-electron chi connectivity index (χ4n) is 1.83. The molecule has 0 unspecified atom stereocenters. The number of benzene rings is 1. The fourth-order valence-corrected chi connectivity index (χ4v) is 2.57. The lowest BCUT2D eigenvalue weighted by atomic mass is 10.1. The molecule has 0 saturated heterocycles. The van der Waals surface area contributed by atoms with E-state index in [0.29, 0.717) is 6.04 Å². The predicted octanol–water partition coefficient (Wildman–Crippen LogP) is 3.63. The van der Waals surface area contributed by atoms with E-state index in [-0.39, 0.29) is 0 Å². The summed E-state index contributed by atoms with van der Waals surface area (Å²) in [4.78, 5) is 4.68. The minimum Gasteiger partial charge on any atom is -0.496 e. The minimum atomic E-state index is 0.473. The summed E-state index contributed by atoms with van der Waals surface area (Å²) in [5.74, 6) is 0.874. The van der Waals surface area contributed by atoms with E-state index in [9.17, 15) is 0 Å². The van der Waals surface area contributed by atoms with Crippen LogP contribution < -0.4 is 10.1 Å². The average Bonchev–Trinajstić information content (AvgIpc) is 2.85. The normalized spacial score (nSPS) is 11.0. The molecule has 0 spiro atoms. The third-order valence-electron chi connectivity index (χ3n) is 2.84. The van der Waals surface area contributed by atoms with Gasteiger partial charge in [0.05, 0.1) is 12.8 Å². The zero-order valence-electron chi connectivity index (χ0n) is 11.9. The highest BCUT2D eigenvalue weighted by atomic mass is 32.1. The first-order chi connectivity index (χ1) is 9.10. The molecule has 0 bridgehead atoms. The first kappa shape index (κ1) is 14.0. The van der Waals surface area contributed by atoms with E-state index in [0.717, 1.165) is 28.6 Å². The van der Waals surface area contributed by atoms with Crippen molar-refractivity contribution in [3.8, 4) is 17.0 Å². The maximum Gasteiger partial charge on any atom is 0.128 e. The summed E-state index contributed by atoms with van der Waals surface area (Å²) in [5.41, 5.74) is 3.27. The van der Waals surface area contributed by atoms with Gasteiger partial charge in [-0.15, -0.1) is 11.3 Å². The number of aryl methyl sites for hydroxylation is 1. The van der Waals surface area contributed by atoms with Gasteiger partial charge in [0.25, 0.3) is 0 Å². The molecule has 0 aliphatic heterocycles. The first-order valence-corrected chi connectivity index (χ1v) is 7.31. The Balaban J connectivity index is 2.24. The van der Waals surface area contributed by atoms with E-state index >= 15 is 0 Å². The van der Waals surface area contributed by atoms with Crippen LogP contribution in [0.5, 0.6) is 5.75 Å². The summed E-state index contributed by atoms with van der Waals surface area (Å²) in [6, 6.07) is 6.64. The van der Waals surface area contributed by atoms with Crippen molar-refractivity contribution in [1.82, 2.24) is 10.3 Å². The van der Waals surface area contributed by atoms with Crippen LogP contribution in [0.15, 0.2) is 23.6 Å². The molecule has 102 valence electrons. The summed E-state index contributed by atoms with van der Waals surface area (Å²) in [6.07, 6.45) is 0. The van der Waals surface area contributed by atoms with Crippen molar-refractivity contribution in [1.29, 1.82) is 0 Å². The number of ether oxygens (including phenoxy) is 1. The molecule has 2 rings (SSSR count). The molecule has 0 aliphatic rings. The van der Waals surface area contributed by atoms with Gasteiger partial charge in [-0.2, -0.15) is 0 Å². The highest BCUT2D eigenvalue weighted by molar-refractivity contribution is 7.09. The van der Waals surface area contributed by atoms with E-state index in [1.807, 2.05) is 6.07 Å². The van der Waals surface area contributed by atoms with Crippen molar-refractivity contribution in [2.24, 2.45) is 0 Å². The second-order valence-corrected chi connectivity index (χ2v) is 5.81. The SMILES string of the molecule is COc1ccc(C)cc1-c1csc(CNC(C)C)n1. The first-order valence-electron chi connectivity index (χ1n) is 6.43. The smallest absolute Gasteiger partial charge is 0.128 e. The van der Waals surface area contributed by atoms with Crippen LogP contribution in [0.4, 0.5) is 0 Å². The van der Waals surface area contributed by atoms with Crippen LogP contribution >= 0.6 is 11.3 Å². The van der Waals surface area contributed by atoms with E-state index in [2.05, 4.69) is 48.6 Å². The molecule has 0 atom stereocenters. The molecule has 2 aromatic rings. The van der Waals surface area contributed by atoms with Crippen molar-refractivity contribution in [2.75, 3.05) is 7.11 Å². The second kappa shape index (κ2) is 6.17. The lowest BCUT2D eigenvalue weighted by molar-refractivity contribution is 0.416. The van der Waals surface area contributed by atoms with Gasteiger partial charge in [-0.3, -0.25) is 0 Å². The van der Waals surface area contributed by atoms with E-state index in [1.54, 1.807) is 18.4 Å². The lowest BCUT2D eigenvalue weighted by Crippen LogP contribution is -2.21. The van der Waals surface area contributed by atoms with Crippen LogP contribution in [0.1, 0.15) is 24.4 Å². The third kappa shape index (κ3) is 3.55. The van der Waals surface area contributed by atoms with Gasteiger partial charge in [0.1, 0.15) is 10.8 Å². The monoisotopic (exact) mass is 276 g/mol. The highest BCUT2D eigenvalue weighted by Gasteiger charge is 2.10. The van der Waals surface area contributed by atoms with E-state index in [4.69, 9.17) is 4.74 Å². The van der Waals surface area contributed by atoms with Gasteiger partial charge in [-0.05, 0) is 19.1 Å². The Kier molecular flexibility index (Phi) is 4.56. The summed E-state index contributed by atoms with van der Waals surface area (Å²) >= 11 is 1.68. The van der Waals surface area contributed by atoms with Gasteiger partial charge in [0, 0.05) is 23.5 Å². The lowest BCUT2D eigenvalue weighted by Gasteiger charge is -2.07. The molecule has 1 N–H and O–H groups in total. The van der Waals surface area contributed by atoms with Crippen LogP contribution in [0.3, 0.4) is 0 Å². The molecule has 0 radical (unpaired) electrons. The van der Waals surface area contributed by atoms with Gasteiger partial charge in [-0.25, -0.2) is 4.98 Å². The number of methoxy groups -OCH3 is 1. The Hall–Kier alpha value is -1.39. The number of nitrogens with zero attached hydrogens (tertiary/aromatic N) is 1. The fraction of sp³-hybridized carbons (Fsp3) is 0.400. The molecular formula is C15H20N2OS. The zero-order chi connectivity index (χ0) is 13.8. The average molecular weight is 276 g/mol. The summed E-state index contributed by atoms with van der Waals surface area (Å²) in [7, 11) is 1.70. The van der Waals surface area contributed by atoms with Crippen molar-refractivity contribution in [3.63, 3.8) is 0 Å². The maximum absolute atomic E-state index is 5.41. The molecule has 0 saturated carbocycles. The molecule has 0 amide bonds. The van der Waals surface area contributed by atoms with Crippen molar-refractivity contribution >= 4 is 11.3 Å². The number of thiazole rings is 1. The summed E-state index contributed by atoms with van der Waals surface area (Å²) in [5, 5.41) is 6.58. The Morgan fingerprint density at radius 2 is 2.16 bits per heavy atom. The third-order valence-corrected chi connectivity index (χ3v) is 3.69. The Labute approximate surface area is 118 Å². The van der Waals surface area contributed by atoms with Crippen LogP contribution in [0.2, 0.25) is 0 Å². The molecule has 0 fully saturated rings. The van der Waals surface area contributed by atoms with Crippen molar-refractivity contribution in [2.45, 2.75) is 33.4 Å². The molecule has 3 nitrogen and oxygen atoms in total. The molecular weight excluding hydrogens is 256 g/mol. The van der Waals surface area contributed by atoms with Crippen LogP contribution in [-0.2, 0) is 6.54 Å². The number of nitrogens with one attached hydrogen (secondary N) is 1. The maximum atomic E-state index is 5.41. The Morgan fingerprint density at radius 3 is 2.84 bits per heavy atom. The van der Waals surface area contributed by atoms with Gasteiger partial charge < -0.3 is 10.1 Å². The van der Waals surface area contributed by atoms with E-state index < -0.39 is 0 Å². The molecule has 19 heavy (non-hydrogen) atoms.